The summed E-state index contributed by atoms with van der Waals surface area (Å²) in [6.45, 7) is 1.94. The quantitative estimate of drug-likeness (QED) is 0.611. The molecule has 2 aromatic heterocycles. The molecule has 1 saturated heterocycles. The minimum atomic E-state index is -3.10. The van der Waals surface area contributed by atoms with Crippen molar-refractivity contribution in [2.75, 3.05) is 11.5 Å². The summed E-state index contributed by atoms with van der Waals surface area (Å²) >= 11 is 0. The van der Waals surface area contributed by atoms with Crippen molar-refractivity contribution in [2.45, 2.75) is 25.9 Å². The van der Waals surface area contributed by atoms with Crippen LogP contribution >= 0.6 is 0 Å². The predicted octanol–water partition coefficient (Wildman–Crippen LogP) is 1.90. The number of fused-ring (bicyclic) bond motifs is 3. The molecule has 0 N–H and O–H groups in total. The Hall–Kier alpha value is -3.07. The number of carbonyl (C=O) groups is 2. The van der Waals surface area contributed by atoms with E-state index in [1.54, 1.807) is 11.6 Å². The van der Waals surface area contributed by atoms with Crippen LogP contribution in [0.4, 0.5) is 0 Å². The van der Waals surface area contributed by atoms with Crippen LogP contribution in [0.1, 0.15) is 44.4 Å². The molecule has 0 aliphatic carbocycles. The van der Waals surface area contributed by atoms with Crippen LogP contribution in [0.2, 0.25) is 0 Å². The highest BCUT2D eigenvalue weighted by molar-refractivity contribution is 7.91. The van der Waals surface area contributed by atoms with Crippen LogP contribution in [0.15, 0.2) is 36.5 Å². The first-order valence-corrected chi connectivity index (χ1v) is 11.2. The molecule has 5 rings (SSSR count). The van der Waals surface area contributed by atoms with Gasteiger partial charge in [0, 0.05) is 6.20 Å². The third-order valence-corrected chi connectivity index (χ3v) is 7.32. The van der Waals surface area contributed by atoms with E-state index in [2.05, 4.69) is 10.1 Å². The van der Waals surface area contributed by atoms with Gasteiger partial charge in [0.2, 0.25) is 0 Å². The largest absolute Gasteiger partial charge is 0.270 e. The van der Waals surface area contributed by atoms with Gasteiger partial charge < -0.3 is 0 Å². The normalized spacial score (nSPS) is 20.6. The first kappa shape index (κ1) is 18.0. The van der Waals surface area contributed by atoms with Gasteiger partial charge in [0.1, 0.15) is 0 Å². The molecule has 1 fully saturated rings. The molecule has 0 radical (unpaired) electrons. The fourth-order valence-corrected chi connectivity index (χ4v) is 5.86. The van der Waals surface area contributed by atoms with Crippen molar-refractivity contribution in [3.63, 3.8) is 0 Å². The first-order chi connectivity index (χ1) is 13.9. The number of sulfone groups is 1. The van der Waals surface area contributed by atoms with E-state index in [1.165, 1.54) is 11.1 Å². The molecule has 4 heterocycles. The Kier molecular flexibility index (Phi) is 3.86. The van der Waals surface area contributed by atoms with Crippen molar-refractivity contribution < 1.29 is 18.0 Å². The molecule has 0 bridgehead atoms. The zero-order valence-corrected chi connectivity index (χ0v) is 16.5. The second-order valence-electron chi connectivity index (χ2n) is 7.51. The van der Waals surface area contributed by atoms with Crippen molar-refractivity contribution in [3.8, 4) is 0 Å². The summed E-state index contributed by atoms with van der Waals surface area (Å²) in [4.78, 5) is 31.6. The average Bonchev–Trinajstić information content (AvgIpc) is 3.31. The van der Waals surface area contributed by atoms with E-state index < -0.39 is 9.84 Å². The number of rotatable bonds is 3. The van der Waals surface area contributed by atoms with Crippen LogP contribution in [0, 0.1) is 6.92 Å². The van der Waals surface area contributed by atoms with Gasteiger partial charge in [0.05, 0.1) is 46.3 Å². The Labute approximate surface area is 167 Å². The number of hydrogen-bond acceptors (Lipinski definition) is 6. The Morgan fingerprint density at radius 3 is 2.59 bits per heavy atom. The molecule has 148 valence electrons. The molecule has 3 aromatic rings. The maximum absolute atomic E-state index is 13.2. The van der Waals surface area contributed by atoms with E-state index in [1.807, 2.05) is 30.3 Å². The van der Waals surface area contributed by atoms with Crippen LogP contribution in [0.3, 0.4) is 0 Å². The summed E-state index contributed by atoms with van der Waals surface area (Å²) in [6, 6.07) is 9.01. The summed E-state index contributed by atoms with van der Waals surface area (Å²) in [5.41, 5.74) is 2.44. The molecule has 29 heavy (non-hydrogen) atoms. The second kappa shape index (κ2) is 6.21. The van der Waals surface area contributed by atoms with Crippen LogP contribution in [-0.2, 0) is 16.4 Å². The number of imide groups is 1. The van der Waals surface area contributed by atoms with E-state index >= 15 is 0 Å². The lowest BCUT2D eigenvalue weighted by atomic mass is 10.1. The molecule has 1 atom stereocenters. The van der Waals surface area contributed by atoms with Gasteiger partial charge in [0.15, 0.2) is 15.5 Å². The van der Waals surface area contributed by atoms with Crippen LogP contribution in [0.25, 0.3) is 11.0 Å². The van der Waals surface area contributed by atoms with Gasteiger partial charge in [-0.25, -0.2) is 18.1 Å². The number of aryl methyl sites for hydroxylation is 1. The highest BCUT2D eigenvalue weighted by atomic mass is 32.2. The number of pyridine rings is 1. The Morgan fingerprint density at radius 1 is 1.14 bits per heavy atom. The number of amides is 2. The van der Waals surface area contributed by atoms with E-state index in [0.717, 1.165) is 5.56 Å². The fourth-order valence-electron chi connectivity index (χ4n) is 4.17. The summed E-state index contributed by atoms with van der Waals surface area (Å²) in [7, 11) is -3.10. The maximum atomic E-state index is 13.2. The number of hydrogen-bond donors (Lipinski definition) is 0. The van der Waals surface area contributed by atoms with E-state index in [9.17, 15) is 18.0 Å². The molecule has 2 aliphatic rings. The van der Waals surface area contributed by atoms with Crippen molar-refractivity contribution >= 4 is 32.7 Å². The Balaban J connectivity index is 1.59. The lowest BCUT2D eigenvalue weighted by Gasteiger charge is -2.13. The minimum absolute atomic E-state index is 0.00892. The van der Waals surface area contributed by atoms with E-state index in [-0.39, 0.29) is 41.5 Å². The zero-order valence-electron chi connectivity index (χ0n) is 15.7. The lowest BCUT2D eigenvalue weighted by Crippen LogP contribution is -2.29. The monoisotopic (exact) mass is 410 g/mol. The number of aromatic nitrogens is 3. The molecule has 2 aliphatic heterocycles. The lowest BCUT2D eigenvalue weighted by molar-refractivity contribution is 0.0643. The van der Waals surface area contributed by atoms with Crippen LogP contribution < -0.4 is 0 Å². The van der Waals surface area contributed by atoms with E-state index in [0.29, 0.717) is 28.7 Å². The molecule has 1 unspecified atom stereocenters. The molecule has 1 aromatic carbocycles. The van der Waals surface area contributed by atoms with Crippen molar-refractivity contribution in [1.29, 1.82) is 0 Å². The maximum Gasteiger partial charge on any atom is 0.263 e. The van der Waals surface area contributed by atoms with Crippen molar-refractivity contribution in [2.24, 2.45) is 0 Å². The third-order valence-electron chi connectivity index (χ3n) is 5.57. The topological polar surface area (TPSA) is 102 Å². The first-order valence-electron chi connectivity index (χ1n) is 9.34. The number of benzene rings is 1. The van der Waals surface area contributed by atoms with Gasteiger partial charge in [-0.2, -0.15) is 5.10 Å². The molecular formula is C20H18N4O4S. The zero-order chi connectivity index (χ0) is 20.3. The third kappa shape index (κ3) is 2.76. The summed E-state index contributed by atoms with van der Waals surface area (Å²) in [5, 5.41) is 5.02. The van der Waals surface area contributed by atoms with Crippen LogP contribution in [0.5, 0.6) is 0 Å². The summed E-state index contributed by atoms with van der Waals surface area (Å²) in [5.74, 6) is -0.623. The highest BCUT2D eigenvalue weighted by Crippen LogP contribution is 2.34. The SMILES string of the molecule is Cc1nn(C2CCS(=O)(=O)C2)c2ncc3c(c12)C(=O)N(Cc1ccccc1)C3=O. The summed E-state index contributed by atoms with van der Waals surface area (Å²) in [6.07, 6.45) is 1.87. The molecule has 2 amide bonds. The molecule has 0 spiro atoms. The van der Waals surface area contributed by atoms with Crippen LogP contribution in [-0.4, -0.2) is 51.4 Å². The van der Waals surface area contributed by atoms with Gasteiger partial charge in [-0.05, 0) is 18.9 Å². The smallest absolute Gasteiger partial charge is 0.263 e. The highest BCUT2D eigenvalue weighted by Gasteiger charge is 2.40. The number of nitrogens with zero attached hydrogens (tertiary/aromatic N) is 4. The second-order valence-corrected chi connectivity index (χ2v) is 9.74. The number of carbonyl (C=O) groups excluding carboxylic acids is 2. The Morgan fingerprint density at radius 2 is 1.90 bits per heavy atom. The van der Waals surface area contributed by atoms with Gasteiger partial charge in [-0.1, -0.05) is 30.3 Å². The summed E-state index contributed by atoms with van der Waals surface area (Å²) < 4.78 is 25.4. The van der Waals surface area contributed by atoms with Gasteiger partial charge in [0.25, 0.3) is 11.8 Å². The minimum Gasteiger partial charge on any atom is -0.270 e. The van der Waals surface area contributed by atoms with Gasteiger partial charge in [-0.3, -0.25) is 14.5 Å². The average molecular weight is 410 g/mol. The molecule has 0 saturated carbocycles. The van der Waals surface area contributed by atoms with E-state index in [4.69, 9.17) is 0 Å². The van der Waals surface area contributed by atoms with Gasteiger partial charge in [-0.15, -0.1) is 0 Å². The van der Waals surface area contributed by atoms with Crippen molar-refractivity contribution in [1.82, 2.24) is 19.7 Å². The Bertz CT molecular complexity index is 1280. The van der Waals surface area contributed by atoms with Crippen molar-refractivity contribution in [3.05, 3.63) is 58.9 Å². The standard InChI is InChI=1S/C20H18N4O4S/c1-12-16-17-15(19(25)23(20(17)26)10-13-5-3-2-4-6-13)9-21-18(16)24(22-12)14-7-8-29(27,28)11-14/h2-6,9,14H,7-8,10-11H2,1H3. The van der Waals surface area contributed by atoms with Gasteiger partial charge >= 0.3 is 0 Å². The molecule has 9 heteroatoms. The molecule has 8 nitrogen and oxygen atoms in total. The predicted molar refractivity (Wildman–Crippen MR) is 105 cm³/mol. The molecular weight excluding hydrogens is 392 g/mol. The fraction of sp³-hybridized carbons (Fsp3) is 0.300.